The second-order valence-corrected chi connectivity index (χ2v) is 7.83. The molecule has 1 N–H and O–H groups in total. The molecule has 162 valence electrons. The van der Waals surface area contributed by atoms with E-state index in [0.29, 0.717) is 34.5 Å². The van der Waals surface area contributed by atoms with Gasteiger partial charge in [0, 0.05) is 24.1 Å². The van der Waals surface area contributed by atoms with Gasteiger partial charge in [-0.05, 0) is 56.2 Å². The van der Waals surface area contributed by atoms with Crippen molar-refractivity contribution < 1.29 is 14.3 Å². The molecule has 3 aromatic rings. The van der Waals surface area contributed by atoms with Gasteiger partial charge in [-0.15, -0.1) is 0 Å². The largest absolute Gasteiger partial charge is 0.497 e. The van der Waals surface area contributed by atoms with Gasteiger partial charge in [-0.1, -0.05) is 6.42 Å². The number of aryl methyl sites for hydroxylation is 1. The summed E-state index contributed by atoms with van der Waals surface area (Å²) in [6, 6.07) is 10.3. The van der Waals surface area contributed by atoms with Gasteiger partial charge in [0.05, 0.1) is 31.2 Å². The molecule has 1 aliphatic heterocycles. The number of amides is 1. The summed E-state index contributed by atoms with van der Waals surface area (Å²) in [5.41, 5.74) is 1.82. The summed E-state index contributed by atoms with van der Waals surface area (Å²) in [6.45, 7) is 2.60. The Hall–Kier alpha value is -3.35. The molecule has 0 saturated carbocycles. The van der Waals surface area contributed by atoms with E-state index in [0.717, 1.165) is 37.1 Å². The molecule has 7 nitrogen and oxygen atoms in total. The lowest BCUT2D eigenvalue weighted by Gasteiger charge is -2.18. The molecule has 2 aromatic carbocycles. The quantitative estimate of drug-likeness (QED) is 0.680. The highest BCUT2D eigenvalue weighted by Crippen LogP contribution is 2.29. The van der Waals surface area contributed by atoms with Gasteiger partial charge < -0.3 is 14.8 Å². The Bertz CT molecular complexity index is 1190. The zero-order valence-corrected chi connectivity index (χ0v) is 18.1. The summed E-state index contributed by atoms with van der Waals surface area (Å²) in [5.74, 6) is 1.93. The number of carbonyl (C=O) groups excluding carboxylic acids is 1. The standard InChI is InChI=1S/C24H27N3O4/c1-15(19-14-17(30-2)9-11-21(19)31-3)25-23(28)16-8-10-18-20(13-16)26-22-7-5-4-6-12-27(22)24(18)29/h8-11,13-15H,4-7,12H2,1-3H3,(H,25,28)/t15-/m1/s1. The van der Waals surface area contributed by atoms with E-state index in [1.807, 2.05) is 25.1 Å². The average Bonchev–Trinajstić information content (AvgIpc) is 3.04. The van der Waals surface area contributed by atoms with Crippen LogP contribution in [0.25, 0.3) is 10.9 Å². The number of fused-ring (bicyclic) bond motifs is 2. The van der Waals surface area contributed by atoms with Crippen molar-refractivity contribution in [1.29, 1.82) is 0 Å². The summed E-state index contributed by atoms with van der Waals surface area (Å²) in [6.07, 6.45) is 3.90. The highest BCUT2D eigenvalue weighted by molar-refractivity contribution is 5.97. The van der Waals surface area contributed by atoms with Crippen LogP contribution in [-0.4, -0.2) is 29.7 Å². The van der Waals surface area contributed by atoms with Crippen molar-refractivity contribution in [2.24, 2.45) is 0 Å². The second-order valence-electron chi connectivity index (χ2n) is 7.83. The molecule has 0 spiro atoms. The fraction of sp³-hybridized carbons (Fsp3) is 0.375. The smallest absolute Gasteiger partial charge is 0.261 e. The Balaban J connectivity index is 1.63. The molecule has 7 heteroatoms. The van der Waals surface area contributed by atoms with Crippen LogP contribution in [0.2, 0.25) is 0 Å². The minimum Gasteiger partial charge on any atom is -0.497 e. The highest BCUT2D eigenvalue weighted by atomic mass is 16.5. The number of methoxy groups -OCH3 is 2. The van der Waals surface area contributed by atoms with Gasteiger partial charge in [0.15, 0.2) is 0 Å². The topological polar surface area (TPSA) is 82.5 Å². The van der Waals surface area contributed by atoms with Crippen LogP contribution in [0.1, 0.15) is 54.0 Å². The number of hydrogen-bond acceptors (Lipinski definition) is 5. The summed E-state index contributed by atoms with van der Waals surface area (Å²) in [7, 11) is 3.19. The zero-order valence-electron chi connectivity index (χ0n) is 18.1. The number of ether oxygens (including phenoxy) is 2. The number of aromatic nitrogens is 2. The van der Waals surface area contributed by atoms with Crippen molar-refractivity contribution in [1.82, 2.24) is 14.9 Å². The van der Waals surface area contributed by atoms with Gasteiger partial charge in [-0.3, -0.25) is 14.2 Å². The average molecular weight is 421 g/mol. The number of nitrogens with one attached hydrogen (secondary N) is 1. The summed E-state index contributed by atoms with van der Waals surface area (Å²) < 4.78 is 12.5. The van der Waals surface area contributed by atoms with E-state index in [-0.39, 0.29) is 17.5 Å². The van der Waals surface area contributed by atoms with Crippen LogP contribution in [0.4, 0.5) is 0 Å². The first-order chi connectivity index (χ1) is 15.0. The fourth-order valence-corrected chi connectivity index (χ4v) is 4.10. The lowest BCUT2D eigenvalue weighted by molar-refractivity contribution is 0.0939. The number of nitrogens with zero attached hydrogens (tertiary/aromatic N) is 2. The molecule has 31 heavy (non-hydrogen) atoms. The van der Waals surface area contributed by atoms with Gasteiger partial charge in [0.2, 0.25) is 0 Å². The minimum absolute atomic E-state index is 0.0247. The van der Waals surface area contributed by atoms with Crippen LogP contribution in [-0.2, 0) is 13.0 Å². The molecule has 1 atom stereocenters. The van der Waals surface area contributed by atoms with E-state index < -0.39 is 0 Å². The van der Waals surface area contributed by atoms with Gasteiger partial charge in [0.25, 0.3) is 11.5 Å². The maximum Gasteiger partial charge on any atom is 0.261 e. The number of hydrogen-bond donors (Lipinski definition) is 1. The van der Waals surface area contributed by atoms with Crippen molar-refractivity contribution in [2.75, 3.05) is 14.2 Å². The second kappa shape index (κ2) is 8.79. The molecule has 1 aromatic heterocycles. The summed E-state index contributed by atoms with van der Waals surface area (Å²) in [5, 5.41) is 3.55. The third-order valence-electron chi connectivity index (χ3n) is 5.83. The predicted octanol–water partition coefficient (Wildman–Crippen LogP) is 3.63. The molecule has 0 unspecified atom stereocenters. The normalized spacial score (nSPS) is 14.4. The molecule has 1 amide bonds. The molecular formula is C24H27N3O4. The zero-order chi connectivity index (χ0) is 22.0. The first kappa shape index (κ1) is 20.9. The van der Waals surface area contributed by atoms with Gasteiger partial charge in [-0.25, -0.2) is 4.98 Å². The molecule has 0 saturated heterocycles. The van der Waals surface area contributed by atoms with E-state index in [1.165, 1.54) is 0 Å². The molecule has 1 aliphatic rings. The van der Waals surface area contributed by atoms with Crippen LogP contribution < -0.4 is 20.3 Å². The maximum atomic E-state index is 13.0. The molecular weight excluding hydrogens is 394 g/mol. The van der Waals surface area contributed by atoms with Gasteiger partial charge in [-0.2, -0.15) is 0 Å². The Morgan fingerprint density at radius 3 is 2.71 bits per heavy atom. The van der Waals surface area contributed by atoms with Crippen molar-refractivity contribution in [3.05, 3.63) is 63.7 Å². The van der Waals surface area contributed by atoms with Crippen LogP contribution >= 0.6 is 0 Å². The first-order valence-corrected chi connectivity index (χ1v) is 10.6. The molecule has 2 heterocycles. The molecule has 0 fully saturated rings. The molecule has 0 radical (unpaired) electrons. The monoisotopic (exact) mass is 421 g/mol. The van der Waals surface area contributed by atoms with Crippen LogP contribution in [0.3, 0.4) is 0 Å². The lowest BCUT2D eigenvalue weighted by atomic mass is 10.1. The van der Waals surface area contributed by atoms with Gasteiger partial charge >= 0.3 is 0 Å². The summed E-state index contributed by atoms with van der Waals surface area (Å²) in [4.78, 5) is 30.6. The van der Waals surface area contributed by atoms with Crippen LogP contribution in [0.5, 0.6) is 11.5 Å². The van der Waals surface area contributed by atoms with Crippen LogP contribution in [0, 0.1) is 0 Å². The predicted molar refractivity (Wildman–Crippen MR) is 119 cm³/mol. The Morgan fingerprint density at radius 1 is 1.10 bits per heavy atom. The Kier molecular flexibility index (Phi) is 5.93. The number of carbonyl (C=O) groups is 1. The Labute approximate surface area is 181 Å². The third kappa shape index (κ3) is 4.13. The van der Waals surface area contributed by atoms with Crippen molar-refractivity contribution in [2.45, 2.75) is 45.2 Å². The van der Waals surface area contributed by atoms with E-state index in [9.17, 15) is 9.59 Å². The Morgan fingerprint density at radius 2 is 1.94 bits per heavy atom. The molecule has 4 rings (SSSR count). The van der Waals surface area contributed by atoms with Crippen molar-refractivity contribution >= 4 is 16.8 Å². The van der Waals surface area contributed by atoms with Crippen LogP contribution in [0.15, 0.2) is 41.2 Å². The maximum absolute atomic E-state index is 13.0. The first-order valence-electron chi connectivity index (χ1n) is 10.6. The third-order valence-corrected chi connectivity index (χ3v) is 5.83. The summed E-state index contributed by atoms with van der Waals surface area (Å²) >= 11 is 0. The highest BCUT2D eigenvalue weighted by Gasteiger charge is 2.18. The molecule has 0 aliphatic carbocycles. The van der Waals surface area contributed by atoms with Gasteiger partial charge in [0.1, 0.15) is 17.3 Å². The molecule has 0 bridgehead atoms. The van der Waals surface area contributed by atoms with E-state index in [2.05, 4.69) is 5.32 Å². The SMILES string of the molecule is COc1ccc(OC)c([C@@H](C)NC(=O)c2ccc3c(=O)n4c(nc3c2)CCCCC4)c1. The van der Waals surface area contributed by atoms with Crippen molar-refractivity contribution in [3.8, 4) is 11.5 Å². The number of benzene rings is 2. The minimum atomic E-state index is -0.307. The van der Waals surface area contributed by atoms with E-state index >= 15 is 0 Å². The van der Waals surface area contributed by atoms with E-state index in [1.54, 1.807) is 37.0 Å². The van der Waals surface area contributed by atoms with Crippen molar-refractivity contribution in [3.63, 3.8) is 0 Å². The lowest BCUT2D eigenvalue weighted by Crippen LogP contribution is -2.28. The fourth-order valence-electron chi connectivity index (χ4n) is 4.10. The number of rotatable bonds is 5. The van der Waals surface area contributed by atoms with E-state index in [4.69, 9.17) is 14.5 Å².